The number of fused-ring (bicyclic) bond motifs is 3. The van der Waals surface area contributed by atoms with Gasteiger partial charge >= 0.3 is 7.37 Å². The van der Waals surface area contributed by atoms with Gasteiger partial charge in [0.15, 0.2) is 5.81 Å². The quantitative estimate of drug-likeness (QED) is 0.666. The van der Waals surface area contributed by atoms with Crippen LogP contribution in [0.25, 0.3) is 11.1 Å². The van der Waals surface area contributed by atoms with E-state index >= 15 is 0 Å². The Balaban J connectivity index is 2.39. The lowest BCUT2D eigenvalue weighted by atomic mass is 10.0. The molecule has 0 saturated carbocycles. The van der Waals surface area contributed by atoms with Gasteiger partial charge < -0.3 is 4.52 Å². The van der Waals surface area contributed by atoms with Crippen molar-refractivity contribution in [3.63, 3.8) is 0 Å². The van der Waals surface area contributed by atoms with Gasteiger partial charge in [-0.25, -0.2) is 0 Å². The number of hydrogen-bond acceptors (Lipinski definition) is 3. The van der Waals surface area contributed by atoms with E-state index in [1.54, 1.807) is 24.3 Å². The molecule has 4 heteroatoms. The smallest absolute Gasteiger partial charge is 0.375 e. The van der Waals surface area contributed by atoms with Gasteiger partial charge in [-0.2, -0.15) is 5.26 Å². The predicted molar refractivity (Wildman–Crippen MR) is 65.4 cm³/mol. The molecule has 0 radical (unpaired) electrons. The van der Waals surface area contributed by atoms with Crippen LogP contribution in [-0.2, 0) is 4.57 Å². The molecule has 3 nitrogen and oxygen atoms in total. The molecular formula is C13H8NO2P. The molecule has 1 aliphatic rings. The number of benzene rings is 2. The largest absolute Gasteiger partial charge is 0.430 e. The van der Waals surface area contributed by atoms with Crippen molar-refractivity contribution in [2.24, 2.45) is 0 Å². The number of rotatable bonds is 0. The van der Waals surface area contributed by atoms with Crippen molar-refractivity contribution < 1.29 is 9.09 Å². The first kappa shape index (κ1) is 10.1. The van der Waals surface area contributed by atoms with Gasteiger partial charge in [0.25, 0.3) is 0 Å². The fourth-order valence-corrected chi connectivity index (χ4v) is 3.47. The molecule has 2 aromatic rings. The molecule has 0 amide bonds. The second-order valence-corrected chi connectivity index (χ2v) is 5.72. The summed E-state index contributed by atoms with van der Waals surface area (Å²) in [6.45, 7) is 0. The minimum atomic E-state index is -3.41. The highest BCUT2D eigenvalue weighted by atomic mass is 31.2. The minimum absolute atomic E-state index is 0.487. The molecule has 1 heterocycles. The van der Waals surface area contributed by atoms with Gasteiger partial charge in [-0.05, 0) is 12.1 Å². The average Bonchev–Trinajstić information content (AvgIpc) is 2.39. The van der Waals surface area contributed by atoms with E-state index in [1.807, 2.05) is 30.1 Å². The zero-order valence-electron chi connectivity index (χ0n) is 8.83. The van der Waals surface area contributed by atoms with E-state index < -0.39 is 7.37 Å². The van der Waals surface area contributed by atoms with Crippen molar-refractivity contribution in [2.75, 3.05) is 0 Å². The molecule has 0 saturated heterocycles. The summed E-state index contributed by atoms with van der Waals surface area (Å²) in [6.07, 6.45) is 0. The summed E-state index contributed by atoms with van der Waals surface area (Å²) in [5, 5.41) is 9.57. The zero-order chi connectivity index (χ0) is 11.9. The summed E-state index contributed by atoms with van der Waals surface area (Å²) < 4.78 is 17.8. The maximum absolute atomic E-state index is 12.4. The van der Waals surface area contributed by atoms with Crippen LogP contribution in [0.15, 0.2) is 48.5 Å². The van der Waals surface area contributed by atoms with Gasteiger partial charge in [0, 0.05) is 11.1 Å². The molecule has 0 aliphatic carbocycles. The lowest BCUT2D eigenvalue weighted by molar-refractivity contribution is 0.502. The second kappa shape index (κ2) is 3.48. The summed E-state index contributed by atoms with van der Waals surface area (Å²) in [6, 6.07) is 14.5. The SMILES string of the molecule is N#CP1(=O)Oc2ccccc2-c2ccccc21. The van der Waals surface area contributed by atoms with Crippen molar-refractivity contribution in [2.45, 2.75) is 0 Å². The Morgan fingerprint density at radius 1 is 1.00 bits per heavy atom. The highest BCUT2D eigenvalue weighted by Gasteiger charge is 2.35. The van der Waals surface area contributed by atoms with Crippen LogP contribution < -0.4 is 9.83 Å². The topological polar surface area (TPSA) is 50.1 Å². The van der Waals surface area contributed by atoms with Crippen LogP contribution in [0, 0.1) is 11.1 Å². The first-order chi connectivity index (χ1) is 8.24. The first-order valence-electron chi connectivity index (χ1n) is 5.14. The van der Waals surface area contributed by atoms with Gasteiger partial charge in [-0.1, -0.05) is 36.4 Å². The zero-order valence-corrected chi connectivity index (χ0v) is 9.72. The Kier molecular flexibility index (Phi) is 2.07. The number of para-hydroxylation sites is 1. The minimum Gasteiger partial charge on any atom is -0.430 e. The number of hydrogen-bond donors (Lipinski definition) is 0. The molecule has 82 valence electrons. The molecule has 1 unspecified atom stereocenters. The molecule has 1 aliphatic heterocycles. The van der Waals surface area contributed by atoms with Crippen LogP contribution in [0.4, 0.5) is 0 Å². The van der Waals surface area contributed by atoms with Crippen LogP contribution in [-0.4, -0.2) is 0 Å². The van der Waals surface area contributed by atoms with Crippen LogP contribution in [0.5, 0.6) is 5.75 Å². The third kappa shape index (κ3) is 1.39. The second-order valence-electron chi connectivity index (χ2n) is 3.76. The monoisotopic (exact) mass is 241 g/mol. The molecule has 0 bridgehead atoms. The normalized spacial score (nSPS) is 20.6. The van der Waals surface area contributed by atoms with Gasteiger partial charge in [0.2, 0.25) is 0 Å². The van der Waals surface area contributed by atoms with E-state index in [2.05, 4.69) is 0 Å². The molecule has 0 aromatic heterocycles. The highest BCUT2D eigenvalue weighted by Crippen LogP contribution is 2.53. The lowest BCUT2D eigenvalue weighted by Gasteiger charge is -2.23. The Morgan fingerprint density at radius 3 is 2.41 bits per heavy atom. The number of nitriles is 1. The number of nitrogens with zero attached hydrogens (tertiary/aromatic N) is 1. The van der Waals surface area contributed by atoms with E-state index in [1.165, 1.54) is 0 Å². The van der Waals surface area contributed by atoms with E-state index in [-0.39, 0.29) is 0 Å². The fraction of sp³-hybridized carbons (Fsp3) is 0. The maximum atomic E-state index is 12.4. The molecule has 0 spiro atoms. The third-order valence-corrected chi connectivity index (χ3v) is 4.50. The lowest BCUT2D eigenvalue weighted by Crippen LogP contribution is -2.16. The van der Waals surface area contributed by atoms with E-state index in [9.17, 15) is 4.57 Å². The predicted octanol–water partition coefficient (Wildman–Crippen LogP) is 3.13. The summed E-state index contributed by atoms with van der Waals surface area (Å²) in [4.78, 5) is 0. The summed E-state index contributed by atoms with van der Waals surface area (Å²) in [7, 11) is -3.41. The molecular weight excluding hydrogens is 233 g/mol. The summed E-state index contributed by atoms with van der Waals surface area (Å²) in [5.74, 6) is 2.32. The van der Waals surface area contributed by atoms with E-state index in [0.717, 1.165) is 11.1 Å². The Labute approximate surface area is 98.7 Å². The van der Waals surface area contributed by atoms with Crippen molar-refractivity contribution in [3.8, 4) is 22.7 Å². The van der Waals surface area contributed by atoms with Gasteiger partial charge in [-0.3, -0.25) is 4.57 Å². The average molecular weight is 241 g/mol. The molecule has 0 N–H and O–H groups in total. The standard InChI is InChI=1S/C13H8NO2P/c14-9-17(15)13-8-4-2-6-11(13)10-5-1-3-7-12(10)16-17/h1-8H. The van der Waals surface area contributed by atoms with Crippen LogP contribution in [0.2, 0.25) is 0 Å². The van der Waals surface area contributed by atoms with Crippen LogP contribution in [0.1, 0.15) is 0 Å². The van der Waals surface area contributed by atoms with Crippen molar-refractivity contribution in [1.29, 1.82) is 5.26 Å². The molecule has 3 rings (SSSR count). The van der Waals surface area contributed by atoms with Gasteiger partial charge in [0.1, 0.15) is 5.75 Å². The van der Waals surface area contributed by atoms with Crippen LogP contribution >= 0.6 is 7.37 Å². The fourth-order valence-electron chi connectivity index (χ4n) is 1.99. The molecule has 0 fully saturated rings. The Hall–Kier alpha value is -2.04. The van der Waals surface area contributed by atoms with Crippen molar-refractivity contribution >= 4 is 12.7 Å². The van der Waals surface area contributed by atoms with E-state index in [0.29, 0.717) is 11.1 Å². The Bertz CT molecular complexity index is 688. The third-order valence-electron chi connectivity index (χ3n) is 2.76. The summed E-state index contributed by atoms with van der Waals surface area (Å²) in [5.41, 5.74) is 1.70. The maximum Gasteiger partial charge on any atom is 0.375 e. The molecule has 2 aromatic carbocycles. The first-order valence-corrected chi connectivity index (χ1v) is 6.77. The van der Waals surface area contributed by atoms with Gasteiger partial charge in [-0.15, -0.1) is 0 Å². The van der Waals surface area contributed by atoms with E-state index in [4.69, 9.17) is 9.79 Å². The Morgan fingerprint density at radius 2 is 1.65 bits per heavy atom. The van der Waals surface area contributed by atoms with Crippen molar-refractivity contribution in [3.05, 3.63) is 48.5 Å². The molecule has 1 atom stereocenters. The van der Waals surface area contributed by atoms with Crippen molar-refractivity contribution in [1.82, 2.24) is 0 Å². The van der Waals surface area contributed by atoms with Gasteiger partial charge in [0.05, 0.1) is 5.30 Å². The summed E-state index contributed by atoms with van der Waals surface area (Å²) >= 11 is 0. The molecule has 17 heavy (non-hydrogen) atoms. The highest BCUT2D eigenvalue weighted by molar-refractivity contribution is 7.72. The van der Waals surface area contributed by atoms with Crippen LogP contribution in [0.3, 0.4) is 0 Å².